The summed E-state index contributed by atoms with van der Waals surface area (Å²) in [6.07, 6.45) is 4.68. The Kier molecular flexibility index (Phi) is 3.96. The Morgan fingerprint density at radius 2 is 1.87 bits per heavy atom. The molecule has 2 N–H and O–H groups in total. The molecular formula is C18H20ClNO3. The molecule has 0 heterocycles. The first kappa shape index (κ1) is 16.1. The Morgan fingerprint density at radius 1 is 1.22 bits per heavy atom. The summed E-state index contributed by atoms with van der Waals surface area (Å²) in [5.74, 6) is -2.21. The van der Waals surface area contributed by atoms with Crippen LogP contribution in [-0.4, -0.2) is 17.0 Å². The molecule has 5 heteroatoms. The minimum atomic E-state index is -0.887. The second-order valence-corrected chi connectivity index (χ2v) is 7.40. The highest BCUT2D eigenvalue weighted by atomic mass is 35.5. The van der Waals surface area contributed by atoms with Gasteiger partial charge in [0.2, 0.25) is 5.91 Å². The summed E-state index contributed by atoms with van der Waals surface area (Å²) >= 11 is 6.03. The second-order valence-electron chi connectivity index (χ2n) is 6.96. The molecule has 1 amide bonds. The van der Waals surface area contributed by atoms with Crippen LogP contribution >= 0.6 is 11.6 Å². The first-order chi connectivity index (χ1) is 10.8. The largest absolute Gasteiger partial charge is 0.481 e. The number of benzene rings is 1. The number of carbonyl (C=O) groups excluding carboxylic acids is 1. The zero-order chi connectivity index (χ0) is 16.8. The molecule has 0 aliphatic heterocycles. The number of amides is 1. The summed E-state index contributed by atoms with van der Waals surface area (Å²) in [6.45, 7) is 3.80. The third-order valence-corrected chi connectivity index (χ3v) is 5.26. The highest BCUT2D eigenvalue weighted by Gasteiger charge is 2.52. The van der Waals surface area contributed by atoms with E-state index in [0.29, 0.717) is 5.02 Å². The van der Waals surface area contributed by atoms with E-state index < -0.39 is 23.3 Å². The van der Waals surface area contributed by atoms with Gasteiger partial charge in [0, 0.05) is 5.02 Å². The van der Waals surface area contributed by atoms with Crippen LogP contribution in [0.25, 0.3) is 0 Å². The van der Waals surface area contributed by atoms with Crippen molar-refractivity contribution in [2.75, 3.05) is 0 Å². The SMILES string of the molecule is CC(C)(NC(=O)C1C2C=CC(C2)C1C(=O)O)c1cccc(Cl)c1. The second kappa shape index (κ2) is 5.68. The van der Waals surface area contributed by atoms with Crippen LogP contribution in [0.15, 0.2) is 36.4 Å². The van der Waals surface area contributed by atoms with Gasteiger partial charge in [-0.3, -0.25) is 9.59 Å². The van der Waals surface area contributed by atoms with Crippen LogP contribution in [0.2, 0.25) is 5.02 Å². The lowest BCUT2D eigenvalue weighted by atomic mass is 9.81. The lowest BCUT2D eigenvalue weighted by molar-refractivity contribution is -0.148. The van der Waals surface area contributed by atoms with Crippen LogP contribution in [-0.2, 0) is 15.1 Å². The average Bonchev–Trinajstić information content (AvgIpc) is 3.07. The van der Waals surface area contributed by atoms with Gasteiger partial charge in [0.05, 0.1) is 17.4 Å². The third kappa shape index (κ3) is 2.88. The van der Waals surface area contributed by atoms with E-state index in [9.17, 15) is 14.7 Å². The molecule has 4 unspecified atom stereocenters. The van der Waals surface area contributed by atoms with Gasteiger partial charge in [0.15, 0.2) is 0 Å². The quantitative estimate of drug-likeness (QED) is 0.831. The minimum absolute atomic E-state index is 0.0243. The number of halogens is 1. The lowest BCUT2D eigenvalue weighted by Gasteiger charge is -2.31. The van der Waals surface area contributed by atoms with Gasteiger partial charge in [-0.25, -0.2) is 0 Å². The maximum atomic E-state index is 12.8. The molecule has 3 rings (SSSR count). The summed E-state index contributed by atoms with van der Waals surface area (Å²) < 4.78 is 0. The van der Waals surface area contributed by atoms with E-state index in [4.69, 9.17) is 11.6 Å². The van der Waals surface area contributed by atoms with Gasteiger partial charge in [0.1, 0.15) is 0 Å². The topological polar surface area (TPSA) is 66.4 Å². The molecule has 0 spiro atoms. The van der Waals surface area contributed by atoms with E-state index in [2.05, 4.69) is 5.32 Å². The first-order valence-corrected chi connectivity index (χ1v) is 8.16. The van der Waals surface area contributed by atoms with Gasteiger partial charge in [-0.15, -0.1) is 0 Å². The zero-order valence-electron chi connectivity index (χ0n) is 13.1. The van der Waals surface area contributed by atoms with E-state index in [0.717, 1.165) is 12.0 Å². The number of carbonyl (C=O) groups is 2. The van der Waals surface area contributed by atoms with Crippen molar-refractivity contribution in [1.29, 1.82) is 0 Å². The van der Waals surface area contributed by atoms with Crippen molar-refractivity contribution in [2.45, 2.75) is 25.8 Å². The molecule has 2 bridgehead atoms. The summed E-state index contributed by atoms with van der Waals surface area (Å²) in [5.41, 5.74) is 0.278. The van der Waals surface area contributed by atoms with Crippen molar-refractivity contribution >= 4 is 23.5 Å². The molecular weight excluding hydrogens is 314 g/mol. The van der Waals surface area contributed by atoms with Gasteiger partial charge >= 0.3 is 5.97 Å². The molecule has 2 aliphatic rings. The number of fused-ring (bicyclic) bond motifs is 2. The number of nitrogens with one attached hydrogen (secondary N) is 1. The zero-order valence-corrected chi connectivity index (χ0v) is 13.9. The van der Waals surface area contributed by atoms with Crippen LogP contribution in [0.5, 0.6) is 0 Å². The monoisotopic (exact) mass is 333 g/mol. The van der Waals surface area contributed by atoms with Crippen LogP contribution in [0.1, 0.15) is 25.8 Å². The number of rotatable bonds is 4. The van der Waals surface area contributed by atoms with E-state index in [1.807, 2.05) is 44.2 Å². The number of allylic oxidation sites excluding steroid dienone is 2. The maximum absolute atomic E-state index is 12.8. The van der Waals surface area contributed by atoms with Crippen molar-refractivity contribution in [3.8, 4) is 0 Å². The predicted octanol–water partition coefficient (Wildman–Crippen LogP) is 3.21. The normalized spacial score (nSPS) is 28.8. The molecule has 4 atom stereocenters. The Balaban J connectivity index is 1.81. The molecule has 23 heavy (non-hydrogen) atoms. The average molecular weight is 334 g/mol. The Labute approximate surface area is 140 Å². The van der Waals surface area contributed by atoms with E-state index in [-0.39, 0.29) is 17.7 Å². The number of carboxylic acid groups (broad SMARTS) is 1. The first-order valence-electron chi connectivity index (χ1n) is 7.79. The molecule has 0 aromatic heterocycles. The van der Waals surface area contributed by atoms with Crippen LogP contribution in [0.4, 0.5) is 0 Å². The molecule has 1 fully saturated rings. The van der Waals surface area contributed by atoms with Crippen molar-refractivity contribution < 1.29 is 14.7 Å². The Morgan fingerprint density at radius 3 is 2.48 bits per heavy atom. The van der Waals surface area contributed by atoms with Crippen LogP contribution in [0, 0.1) is 23.7 Å². The van der Waals surface area contributed by atoms with Gasteiger partial charge in [-0.05, 0) is 49.8 Å². The van der Waals surface area contributed by atoms with Crippen LogP contribution < -0.4 is 5.32 Å². The van der Waals surface area contributed by atoms with E-state index in [1.54, 1.807) is 6.07 Å². The fourth-order valence-corrected chi connectivity index (χ4v) is 4.05. The van der Waals surface area contributed by atoms with Crippen molar-refractivity contribution in [1.82, 2.24) is 5.32 Å². The summed E-state index contributed by atoms with van der Waals surface area (Å²) in [4.78, 5) is 24.3. The molecule has 1 saturated carbocycles. The summed E-state index contributed by atoms with van der Waals surface area (Å²) in [6, 6.07) is 7.34. The molecule has 0 saturated heterocycles. The molecule has 2 aliphatic carbocycles. The van der Waals surface area contributed by atoms with Gasteiger partial charge in [-0.2, -0.15) is 0 Å². The van der Waals surface area contributed by atoms with Gasteiger partial charge < -0.3 is 10.4 Å². The highest BCUT2D eigenvalue weighted by Crippen LogP contribution is 2.48. The summed E-state index contributed by atoms with van der Waals surface area (Å²) in [7, 11) is 0. The third-order valence-electron chi connectivity index (χ3n) is 5.03. The van der Waals surface area contributed by atoms with Crippen LogP contribution in [0.3, 0.4) is 0 Å². The highest BCUT2D eigenvalue weighted by molar-refractivity contribution is 6.30. The standard InChI is InChI=1S/C18H20ClNO3/c1-18(2,12-4-3-5-13(19)9-12)20-16(21)14-10-6-7-11(8-10)15(14)17(22)23/h3-7,9-11,14-15H,8H2,1-2H3,(H,20,21)(H,22,23). The van der Waals surface area contributed by atoms with Gasteiger partial charge in [-0.1, -0.05) is 35.9 Å². The molecule has 4 nitrogen and oxygen atoms in total. The molecule has 1 aromatic rings. The van der Waals surface area contributed by atoms with Crippen molar-refractivity contribution in [3.05, 3.63) is 47.0 Å². The molecule has 0 radical (unpaired) electrons. The summed E-state index contributed by atoms with van der Waals surface area (Å²) in [5, 5.41) is 13.1. The molecule has 1 aromatic carbocycles. The minimum Gasteiger partial charge on any atom is -0.481 e. The van der Waals surface area contributed by atoms with Crippen molar-refractivity contribution in [3.63, 3.8) is 0 Å². The van der Waals surface area contributed by atoms with E-state index in [1.165, 1.54) is 0 Å². The smallest absolute Gasteiger partial charge is 0.307 e. The number of hydrogen-bond acceptors (Lipinski definition) is 2. The number of aliphatic carboxylic acids is 1. The fraction of sp³-hybridized carbons (Fsp3) is 0.444. The van der Waals surface area contributed by atoms with Gasteiger partial charge in [0.25, 0.3) is 0 Å². The Hall–Kier alpha value is -1.81. The number of carboxylic acids is 1. The van der Waals surface area contributed by atoms with Crippen molar-refractivity contribution in [2.24, 2.45) is 23.7 Å². The fourth-order valence-electron chi connectivity index (χ4n) is 3.86. The van der Waals surface area contributed by atoms with E-state index >= 15 is 0 Å². The predicted molar refractivity (Wildman–Crippen MR) is 88.0 cm³/mol. The number of hydrogen-bond donors (Lipinski definition) is 2. The Bertz CT molecular complexity index is 683. The maximum Gasteiger partial charge on any atom is 0.307 e. The molecule has 122 valence electrons. The lowest BCUT2D eigenvalue weighted by Crippen LogP contribution is -2.47.